The first kappa shape index (κ1) is 19.4. The van der Waals surface area contributed by atoms with Crippen molar-refractivity contribution in [3.05, 3.63) is 54.4 Å². The number of fused-ring (bicyclic) bond motifs is 4. The number of aryl methyl sites for hydroxylation is 1. The smallest absolute Gasteiger partial charge is 0.237 e. The lowest BCUT2D eigenvalue weighted by atomic mass is 10.2. The Morgan fingerprint density at radius 3 is 2.87 bits per heavy atom. The van der Waals surface area contributed by atoms with E-state index in [0.29, 0.717) is 22.0 Å². The molecule has 30 heavy (non-hydrogen) atoms. The highest BCUT2D eigenvalue weighted by atomic mass is 32.2. The van der Waals surface area contributed by atoms with Gasteiger partial charge in [-0.2, -0.15) is 4.52 Å². The topological polar surface area (TPSA) is 63.4 Å². The van der Waals surface area contributed by atoms with Crippen molar-refractivity contribution >= 4 is 51.7 Å². The van der Waals surface area contributed by atoms with E-state index in [-0.39, 0.29) is 5.91 Å². The van der Waals surface area contributed by atoms with Gasteiger partial charge in [-0.25, -0.2) is 9.97 Å². The number of nitrogens with zero attached hydrogens (tertiary/aromatic N) is 5. The normalized spacial score (nSPS) is 16.6. The van der Waals surface area contributed by atoms with Crippen LogP contribution in [-0.2, 0) is 4.79 Å². The Hall–Kier alpha value is -2.58. The lowest BCUT2D eigenvalue weighted by molar-refractivity contribution is -0.116. The van der Waals surface area contributed by atoms with Gasteiger partial charge in [0.15, 0.2) is 10.8 Å². The molecular weight excluding hydrogens is 414 g/mol. The van der Waals surface area contributed by atoms with Crippen molar-refractivity contribution < 1.29 is 4.79 Å². The molecule has 1 aliphatic heterocycles. The number of hydrogen-bond acceptors (Lipinski definition) is 6. The minimum Gasteiger partial charge on any atom is -0.311 e. The monoisotopic (exact) mass is 435 g/mol. The van der Waals surface area contributed by atoms with Gasteiger partial charge >= 0.3 is 0 Å². The number of para-hydroxylation sites is 2. The fraction of sp³-hybridized carbons (Fsp3) is 0.273. The number of carbonyl (C=O) groups excluding carboxylic acids is 1. The van der Waals surface area contributed by atoms with Gasteiger partial charge in [0.2, 0.25) is 5.91 Å². The maximum Gasteiger partial charge on any atom is 0.237 e. The number of amides is 1. The third kappa shape index (κ3) is 3.54. The number of benzene rings is 2. The number of hydrogen-bond donors (Lipinski definition) is 0. The van der Waals surface area contributed by atoms with Crippen LogP contribution < -0.4 is 4.90 Å². The Morgan fingerprint density at radius 2 is 1.97 bits per heavy atom. The second kappa shape index (κ2) is 7.92. The van der Waals surface area contributed by atoms with Gasteiger partial charge in [-0.05, 0) is 37.6 Å². The number of aromatic nitrogens is 4. The van der Waals surface area contributed by atoms with Crippen LogP contribution in [0.1, 0.15) is 19.2 Å². The van der Waals surface area contributed by atoms with Crippen LogP contribution in [-0.4, -0.2) is 43.0 Å². The van der Waals surface area contributed by atoms with E-state index in [4.69, 9.17) is 4.98 Å². The first-order chi connectivity index (χ1) is 14.6. The summed E-state index contributed by atoms with van der Waals surface area (Å²) in [4.78, 5) is 25.6. The first-order valence-corrected chi connectivity index (χ1v) is 11.8. The molecule has 0 bridgehead atoms. The van der Waals surface area contributed by atoms with Crippen LogP contribution in [0, 0.1) is 6.92 Å². The van der Waals surface area contributed by atoms with E-state index in [9.17, 15) is 4.79 Å². The molecule has 6 nitrogen and oxygen atoms in total. The summed E-state index contributed by atoms with van der Waals surface area (Å²) in [5.74, 6) is 1.07. The van der Waals surface area contributed by atoms with Gasteiger partial charge in [0.25, 0.3) is 0 Å². The summed E-state index contributed by atoms with van der Waals surface area (Å²) in [6.45, 7) is 4.81. The molecule has 0 spiro atoms. The van der Waals surface area contributed by atoms with Crippen molar-refractivity contribution in [2.75, 3.05) is 17.2 Å². The zero-order chi connectivity index (χ0) is 20.7. The zero-order valence-electron chi connectivity index (χ0n) is 16.8. The van der Waals surface area contributed by atoms with Gasteiger partial charge in [-0.1, -0.05) is 43.0 Å². The van der Waals surface area contributed by atoms with Gasteiger partial charge in [0.05, 0.1) is 17.0 Å². The third-order valence-corrected chi connectivity index (χ3v) is 7.28. The molecule has 5 rings (SSSR count). The Labute approximate surface area is 183 Å². The summed E-state index contributed by atoms with van der Waals surface area (Å²) in [6, 6.07) is 16.1. The minimum absolute atomic E-state index is 0.0853. The molecule has 0 saturated carbocycles. The Morgan fingerprint density at radius 1 is 1.17 bits per heavy atom. The van der Waals surface area contributed by atoms with Crippen molar-refractivity contribution in [3.8, 4) is 0 Å². The highest BCUT2D eigenvalue weighted by Gasteiger charge is 2.24. The minimum atomic E-state index is 0.0853. The Balaban J connectivity index is 1.45. The third-order valence-electron chi connectivity index (χ3n) is 5.12. The SMILES string of the molecule is Cc1nc2c3ccccc3nc(SCC(=O)N3CCC(C)Sc4ccccc43)n2n1. The molecule has 4 aromatic rings. The summed E-state index contributed by atoms with van der Waals surface area (Å²) in [6.07, 6.45) is 0.969. The van der Waals surface area contributed by atoms with Crippen LogP contribution in [0.25, 0.3) is 16.6 Å². The van der Waals surface area contributed by atoms with Crippen molar-refractivity contribution in [3.63, 3.8) is 0 Å². The highest BCUT2D eigenvalue weighted by Crippen LogP contribution is 2.37. The molecule has 0 radical (unpaired) electrons. The molecule has 2 aromatic carbocycles. The Kier molecular flexibility index (Phi) is 5.12. The van der Waals surface area contributed by atoms with Gasteiger partial charge < -0.3 is 4.90 Å². The van der Waals surface area contributed by atoms with Crippen LogP contribution in [0.3, 0.4) is 0 Å². The van der Waals surface area contributed by atoms with Crippen molar-refractivity contribution in [2.45, 2.75) is 35.6 Å². The molecular formula is C22H21N5OS2. The molecule has 1 amide bonds. The fourth-order valence-electron chi connectivity index (χ4n) is 3.68. The molecule has 0 aliphatic carbocycles. The van der Waals surface area contributed by atoms with E-state index in [1.807, 2.05) is 66.1 Å². The molecule has 2 aromatic heterocycles. The van der Waals surface area contributed by atoms with Crippen LogP contribution in [0.15, 0.2) is 58.6 Å². The number of anilines is 1. The summed E-state index contributed by atoms with van der Waals surface area (Å²) in [7, 11) is 0. The first-order valence-electron chi connectivity index (χ1n) is 9.91. The van der Waals surface area contributed by atoms with Gasteiger partial charge in [-0.3, -0.25) is 4.79 Å². The van der Waals surface area contributed by atoms with Gasteiger partial charge in [-0.15, -0.1) is 16.9 Å². The predicted molar refractivity (Wildman–Crippen MR) is 122 cm³/mol. The highest BCUT2D eigenvalue weighted by molar-refractivity contribution is 8.00. The van der Waals surface area contributed by atoms with Crippen molar-refractivity contribution in [2.24, 2.45) is 0 Å². The molecule has 8 heteroatoms. The number of rotatable bonds is 3. The lowest BCUT2D eigenvalue weighted by Crippen LogP contribution is -2.33. The van der Waals surface area contributed by atoms with E-state index in [1.165, 1.54) is 16.7 Å². The summed E-state index contributed by atoms with van der Waals surface area (Å²) in [5, 5.41) is 6.63. The number of thioether (sulfide) groups is 2. The van der Waals surface area contributed by atoms with E-state index in [2.05, 4.69) is 23.1 Å². The van der Waals surface area contributed by atoms with E-state index in [1.54, 1.807) is 4.52 Å². The molecule has 0 saturated heterocycles. The van der Waals surface area contributed by atoms with Crippen molar-refractivity contribution in [1.29, 1.82) is 0 Å². The largest absolute Gasteiger partial charge is 0.311 e. The maximum absolute atomic E-state index is 13.2. The van der Waals surface area contributed by atoms with Crippen LogP contribution in [0.5, 0.6) is 0 Å². The molecule has 1 aliphatic rings. The number of carbonyl (C=O) groups is 1. The van der Waals surface area contributed by atoms with Gasteiger partial charge in [0, 0.05) is 22.1 Å². The summed E-state index contributed by atoms with van der Waals surface area (Å²) >= 11 is 3.25. The predicted octanol–water partition coefficient (Wildman–Crippen LogP) is 4.60. The fourth-order valence-corrected chi connectivity index (χ4v) is 5.61. The van der Waals surface area contributed by atoms with Crippen LogP contribution in [0.2, 0.25) is 0 Å². The molecule has 152 valence electrons. The van der Waals surface area contributed by atoms with E-state index in [0.717, 1.165) is 35.2 Å². The molecule has 1 unspecified atom stereocenters. The summed E-state index contributed by atoms with van der Waals surface area (Å²) in [5.41, 5.74) is 2.64. The molecule has 0 fully saturated rings. The summed E-state index contributed by atoms with van der Waals surface area (Å²) < 4.78 is 1.75. The average Bonchev–Trinajstić information content (AvgIpc) is 3.06. The second-order valence-corrected chi connectivity index (χ2v) is 9.75. The van der Waals surface area contributed by atoms with E-state index >= 15 is 0 Å². The molecule has 3 heterocycles. The average molecular weight is 436 g/mol. The maximum atomic E-state index is 13.2. The van der Waals surface area contributed by atoms with Crippen molar-refractivity contribution in [1.82, 2.24) is 19.6 Å². The van der Waals surface area contributed by atoms with Crippen LogP contribution in [0.4, 0.5) is 5.69 Å². The van der Waals surface area contributed by atoms with Gasteiger partial charge in [0.1, 0.15) is 5.82 Å². The van der Waals surface area contributed by atoms with E-state index < -0.39 is 0 Å². The quantitative estimate of drug-likeness (QED) is 0.346. The lowest BCUT2D eigenvalue weighted by Gasteiger charge is -2.22. The Bertz CT molecular complexity index is 1250. The van der Waals surface area contributed by atoms with Crippen LogP contribution >= 0.6 is 23.5 Å². The zero-order valence-corrected chi connectivity index (χ0v) is 18.4. The second-order valence-electron chi connectivity index (χ2n) is 7.32. The standard InChI is InChI=1S/C22H21N5OS2/c1-14-11-12-26(18-9-5-6-10-19(18)30-14)20(28)13-29-22-24-17-8-4-3-7-16(17)21-23-15(2)25-27(21)22/h3-10,14H,11-13H2,1-2H3. The molecule has 0 N–H and O–H groups in total. The molecule has 1 atom stereocenters.